The average Bonchev–Trinajstić information content (AvgIpc) is 3.21. The standard InChI is InChI=1S/C16H13N5O2S.C2HF3O2/c1-24(22,23)11-4-2-10(3-5-11)14-6-12(15-8-19-9-20-15)13(7-17)16(18)21-14;3-2(4,5)1(6)7/h2-6,8-9H,1H3,(H2,18,21)(H,19,20);(H,6,7). The summed E-state index contributed by atoms with van der Waals surface area (Å²) in [5.74, 6) is -2.65. The number of anilines is 1. The molecule has 0 saturated carbocycles. The lowest BCUT2D eigenvalue weighted by Crippen LogP contribution is -2.21. The van der Waals surface area contributed by atoms with E-state index in [4.69, 9.17) is 15.6 Å². The highest BCUT2D eigenvalue weighted by molar-refractivity contribution is 7.90. The van der Waals surface area contributed by atoms with Crippen LogP contribution in [-0.2, 0) is 14.6 Å². The molecule has 0 atom stereocenters. The van der Waals surface area contributed by atoms with Crippen LogP contribution < -0.4 is 5.73 Å². The molecule has 0 aliphatic rings. The summed E-state index contributed by atoms with van der Waals surface area (Å²) in [5, 5.41) is 16.4. The zero-order valence-electron chi connectivity index (χ0n) is 15.7. The zero-order valence-corrected chi connectivity index (χ0v) is 16.5. The lowest BCUT2D eigenvalue weighted by molar-refractivity contribution is -0.192. The van der Waals surface area contributed by atoms with Crippen LogP contribution in [0.25, 0.3) is 22.5 Å². The number of alkyl halides is 3. The molecule has 0 radical (unpaired) electrons. The van der Waals surface area contributed by atoms with Crippen LogP contribution in [0.5, 0.6) is 0 Å². The second kappa shape index (κ2) is 8.84. The maximum atomic E-state index is 11.5. The van der Waals surface area contributed by atoms with Crippen molar-refractivity contribution in [2.45, 2.75) is 11.1 Å². The van der Waals surface area contributed by atoms with Crippen molar-refractivity contribution in [3.05, 3.63) is 48.4 Å². The van der Waals surface area contributed by atoms with E-state index in [1.54, 1.807) is 24.4 Å². The topological polar surface area (TPSA) is 163 Å². The summed E-state index contributed by atoms with van der Waals surface area (Å²) in [4.78, 5) is 20.3. The largest absolute Gasteiger partial charge is 0.490 e. The molecule has 0 saturated heterocycles. The van der Waals surface area contributed by atoms with Crippen LogP contribution in [0.3, 0.4) is 0 Å². The average molecular weight is 453 g/mol. The summed E-state index contributed by atoms with van der Waals surface area (Å²) < 4.78 is 54.8. The predicted octanol–water partition coefficient (Wildman–Crippen LogP) is 2.63. The van der Waals surface area contributed by atoms with E-state index in [0.29, 0.717) is 22.5 Å². The zero-order chi connectivity index (χ0) is 23.4. The number of carboxylic acid groups (broad SMARTS) is 1. The van der Waals surface area contributed by atoms with Crippen molar-refractivity contribution in [3.63, 3.8) is 0 Å². The number of nitriles is 1. The number of nitrogens with two attached hydrogens (primary N) is 1. The maximum absolute atomic E-state index is 11.5. The molecule has 4 N–H and O–H groups in total. The monoisotopic (exact) mass is 453 g/mol. The lowest BCUT2D eigenvalue weighted by atomic mass is 10.0. The van der Waals surface area contributed by atoms with Gasteiger partial charge < -0.3 is 15.8 Å². The van der Waals surface area contributed by atoms with Crippen molar-refractivity contribution < 1.29 is 31.5 Å². The van der Waals surface area contributed by atoms with Crippen LogP contribution in [0.15, 0.2) is 47.8 Å². The lowest BCUT2D eigenvalue weighted by Gasteiger charge is -2.09. The minimum absolute atomic E-state index is 0.104. The highest BCUT2D eigenvalue weighted by Crippen LogP contribution is 2.30. The Bertz CT molecular complexity index is 1230. The fraction of sp³-hybridized carbons (Fsp3) is 0.111. The molecule has 9 nitrogen and oxygen atoms in total. The fourth-order valence-corrected chi connectivity index (χ4v) is 2.95. The van der Waals surface area contributed by atoms with Crippen molar-refractivity contribution in [1.29, 1.82) is 5.26 Å². The molecule has 3 rings (SSSR count). The van der Waals surface area contributed by atoms with Gasteiger partial charge >= 0.3 is 12.1 Å². The summed E-state index contributed by atoms with van der Waals surface area (Å²) in [6.07, 6.45) is -0.837. The molecule has 162 valence electrons. The smallest absolute Gasteiger partial charge is 0.475 e. The Morgan fingerprint density at radius 2 is 1.84 bits per heavy atom. The molecular formula is C18H14F3N5O4S. The predicted molar refractivity (Wildman–Crippen MR) is 103 cm³/mol. The molecule has 0 bridgehead atoms. The fourth-order valence-electron chi connectivity index (χ4n) is 2.32. The van der Waals surface area contributed by atoms with Crippen molar-refractivity contribution in [1.82, 2.24) is 15.0 Å². The molecule has 31 heavy (non-hydrogen) atoms. The number of H-pyrrole nitrogens is 1. The van der Waals surface area contributed by atoms with Gasteiger partial charge in [-0.05, 0) is 18.2 Å². The summed E-state index contributed by atoms with van der Waals surface area (Å²) >= 11 is 0. The number of imidazole rings is 1. The third-order valence-corrected chi connectivity index (χ3v) is 4.90. The number of nitrogens with zero attached hydrogens (tertiary/aromatic N) is 3. The van der Waals surface area contributed by atoms with Gasteiger partial charge in [0.1, 0.15) is 17.5 Å². The number of pyridine rings is 1. The first-order valence-corrected chi connectivity index (χ1v) is 10.0. The van der Waals surface area contributed by atoms with E-state index in [1.807, 2.05) is 6.07 Å². The second-order valence-corrected chi connectivity index (χ2v) is 8.01. The first kappa shape index (κ1) is 23.4. The molecule has 0 fully saturated rings. The number of aromatic nitrogens is 3. The summed E-state index contributed by atoms with van der Waals surface area (Å²) in [7, 11) is -3.27. The van der Waals surface area contributed by atoms with Crippen molar-refractivity contribution in [2.75, 3.05) is 12.0 Å². The van der Waals surface area contributed by atoms with Gasteiger partial charge in [-0.3, -0.25) is 0 Å². The number of nitrogen functional groups attached to an aromatic ring is 1. The molecule has 0 unspecified atom stereocenters. The van der Waals surface area contributed by atoms with Crippen LogP contribution in [-0.4, -0.2) is 46.9 Å². The Labute approximate surface area is 173 Å². The quantitative estimate of drug-likeness (QED) is 0.545. The van der Waals surface area contributed by atoms with Gasteiger partial charge in [0, 0.05) is 17.4 Å². The first-order chi connectivity index (χ1) is 14.3. The number of carbonyl (C=O) groups is 1. The van der Waals surface area contributed by atoms with Gasteiger partial charge in [0.2, 0.25) is 0 Å². The third-order valence-electron chi connectivity index (χ3n) is 3.77. The number of carboxylic acids is 1. The second-order valence-electron chi connectivity index (χ2n) is 5.99. The van der Waals surface area contributed by atoms with Gasteiger partial charge in [-0.1, -0.05) is 12.1 Å². The van der Waals surface area contributed by atoms with Crippen LogP contribution in [0.1, 0.15) is 5.56 Å². The molecule has 0 amide bonds. The van der Waals surface area contributed by atoms with Crippen molar-refractivity contribution >= 4 is 21.6 Å². The van der Waals surface area contributed by atoms with Crippen LogP contribution >= 0.6 is 0 Å². The van der Waals surface area contributed by atoms with E-state index in [9.17, 15) is 26.9 Å². The SMILES string of the molecule is CS(=O)(=O)c1ccc(-c2cc(-c3cnc[nH]3)c(C#N)c(N)n2)cc1.O=C(O)C(F)(F)F. The number of rotatable bonds is 3. The van der Waals surface area contributed by atoms with Crippen molar-refractivity contribution in [2.24, 2.45) is 0 Å². The summed E-state index contributed by atoms with van der Waals surface area (Å²) in [6.45, 7) is 0. The molecule has 1 aromatic carbocycles. The normalized spacial score (nSPS) is 11.2. The molecule has 2 heterocycles. The summed E-state index contributed by atoms with van der Waals surface area (Å²) in [6, 6.07) is 10.1. The Morgan fingerprint density at radius 3 is 2.26 bits per heavy atom. The number of benzene rings is 1. The first-order valence-electron chi connectivity index (χ1n) is 8.14. The van der Waals surface area contributed by atoms with Gasteiger partial charge in [-0.25, -0.2) is 23.2 Å². The van der Waals surface area contributed by atoms with Gasteiger partial charge in [-0.2, -0.15) is 18.4 Å². The van der Waals surface area contributed by atoms with E-state index in [2.05, 4.69) is 15.0 Å². The Morgan fingerprint density at radius 1 is 1.26 bits per heavy atom. The van der Waals surface area contributed by atoms with E-state index >= 15 is 0 Å². The van der Waals surface area contributed by atoms with Gasteiger partial charge in [0.15, 0.2) is 9.84 Å². The Balaban J connectivity index is 0.000000423. The minimum Gasteiger partial charge on any atom is -0.475 e. The van der Waals surface area contributed by atoms with Crippen LogP contribution in [0.2, 0.25) is 0 Å². The highest BCUT2D eigenvalue weighted by Gasteiger charge is 2.38. The molecule has 2 aromatic heterocycles. The number of hydrogen-bond donors (Lipinski definition) is 3. The third kappa shape index (κ3) is 5.80. The number of aliphatic carboxylic acids is 1. The molecule has 13 heteroatoms. The number of nitrogens with one attached hydrogen (secondary N) is 1. The molecular weight excluding hydrogens is 439 g/mol. The van der Waals surface area contributed by atoms with E-state index in [-0.39, 0.29) is 16.3 Å². The maximum Gasteiger partial charge on any atom is 0.490 e. The highest BCUT2D eigenvalue weighted by atomic mass is 32.2. The number of hydrogen-bond acceptors (Lipinski definition) is 7. The minimum atomic E-state index is -5.08. The molecule has 0 aliphatic carbocycles. The Hall–Kier alpha value is -3.92. The van der Waals surface area contributed by atoms with Gasteiger partial charge in [-0.15, -0.1) is 0 Å². The molecule has 0 aliphatic heterocycles. The molecule has 0 spiro atoms. The van der Waals surface area contributed by atoms with Crippen molar-refractivity contribution in [3.8, 4) is 28.6 Å². The molecule has 3 aromatic rings. The van der Waals surface area contributed by atoms with E-state index < -0.39 is 22.0 Å². The Kier molecular flexibility index (Phi) is 6.66. The number of sulfone groups is 1. The van der Waals surface area contributed by atoms with Gasteiger partial charge in [0.25, 0.3) is 0 Å². The van der Waals surface area contributed by atoms with E-state index in [0.717, 1.165) is 6.26 Å². The number of halogens is 3. The van der Waals surface area contributed by atoms with E-state index in [1.165, 1.54) is 18.5 Å². The number of aromatic amines is 1. The van der Waals surface area contributed by atoms with Crippen LogP contribution in [0.4, 0.5) is 19.0 Å². The van der Waals surface area contributed by atoms with Crippen LogP contribution in [0, 0.1) is 11.3 Å². The van der Waals surface area contributed by atoms with Gasteiger partial charge in [0.05, 0.1) is 28.8 Å². The summed E-state index contributed by atoms with van der Waals surface area (Å²) in [5.41, 5.74) is 8.64.